The molecule has 2 rings (SSSR count). The van der Waals surface area contributed by atoms with Crippen molar-refractivity contribution in [2.75, 3.05) is 24.2 Å². The normalized spacial score (nSPS) is 12.6. The second kappa shape index (κ2) is 7.12. The van der Waals surface area contributed by atoms with E-state index in [-0.39, 0.29) is 0 Å². The number of aromatic nitrogens is 3. The van der Waals surface area contributed by atoms with Gasteiger partial charge in [-0.1, -0.05) is 33.1 Å². The Labute approximate surface area is 120 Å². The second-order valence-electron chi connectivity index (χ2n) is 5.18. The first-order valence-corrected chi connectivity index (χ1v) is 7.53. The van der Waals surface area contributed by atoms with Crippen LogP contribution in [0.1, 0.15) is 39.5 Å². The predicted octanol–water partition coefficient (Wildman–Crippen LogP) is 3.40. The van der Waals surface area contributed by atoms with Crippen LogP contribution >= 0.6 is 0 Å². The van der Waals surface area contributed by atoms with Crippen molar-refractivity contribution in [3.8, 4) is 0 Å². The number of hydrogen-bond donors (Lipinski definition) is 2. The van der Waals surface area contributed by atoms with Crippen LogP contribution in [-0.4, -0.2) is 28.0 Å². The van der Waals surface area contributed by atoms with Gasteiger partial charge in [-0.3, -0.25) is 0 Å². The van der Waals surface area contributed by atoms with Gasteiger partial charge in [-0.25, -0.2) is 9.97 Å². The Balaban J connectivity index is 2.09. The molecule has 0 spiro atoms. The molecule has 0 amide bonds. The van der Waals surface area contributed by atoms with E-state index in [0.29, 0.717) is 5.92 Å². The monoisotopic (exact) mass is 275 g/mol. The van der Waals surface area contributed by atoms with Crippen LogP contribution in [0.15, 0.2) is 18.6 Å². The highest BCUT2D eigenvalue weighted by atomic mass is 15.1. The Hall–Kier alpha value is -1.78. The lowest BCUT2D eigenvalue weighted by Crippen LogP contribution is -2.15. The highest BCUT2D eigenvalue weighted by Gasteiger charge is 2.10. The fourth-order valence-electron chi connectivity index (χ4n) is 2.36. The zero-order valence-corrected chi connectivity index (χ0v) is 12.7. The molecule has 1 atom stereocenters. The highest BCUT2D eigenvalue weighted by molar-refractivity contribution is 5.65. The van der Waals surface area contributed by atoms with Crippen molar-refractivity contribution in [3.05, 3.63) is 18.6 Å². The van der Waals surface area contributed by atoms with Crippen LogP contribution in [0.2, 0.25) is 0 Å². The van der Waals surface area contributed by atoms with Crippen LogP contribution in [0.5, 0.6) is 0 Å². The third kappa shape index (κ3) is 3.40. The van der Waals surface area contributed by atoms with E-state index in [1.807, 2.05) is 23.8 Å². The molecule has 0 saturated heterocycles. The minimum Gasteiger partial charge on any atom is -0.372 e. The number of nitrogens with one attached hydrogen (secondary N) is 2. The molecule has 0 aliphatic heterocycles. The first-order chi connectivity index (χ1) is 9.78. The molecule has 1 unspecified atom stereocenters. The SMILES string of the molecule is CCCCC(CC)CNc1nc(NC)cn2ccnc12. The molecule has 2 aromatic rings. The molecule has 20 heavy (non-hydrogen) atoms. The molecule has 2 aromatic heterocycles. The lowest BCUT2D eigenvalue weighted by atomic mass is 9.99. The third-order valence-electron chi connectivity index (χ3n) is 3.73. The summed E-state index contributed by atoms with van der Waals surface area (Å²) in [7, 11) is 1.88. The summed E-state index contributed by atoms with van der Waals surface area (Å²) < 4.78 is 1.99. The maximum atomic E-state index is 4.57. The maximum absolute atomic E-state index is 4.57. The van der Waals surface area contributed by atoms with Crippen LogP contribution in [0.25, 0.3) is 5.65 Å². The molecule has 0 aromatic carbocycles. The Morgan fingerprint density at radius 3 is 2.90 bits per heavy atom. The summed E-state index contributed by atoms with van der Waals surface area (Å²) >= 11 is 0. The fraction of sp³-hybridized carbons (Fsp3) is 0.600. The van der Waals surface area contributed by atoms with Crippen LogP contribution in [-0.2, 0) is 0 Å². The summed E-state index contributed by atoms with van der Waals surface area (Å²) in [6, 6.07) is 0. The minimum absolute atomic E-state index is 0.699. The number of unbranched alkanes of at least 4 members (excludes halogenated alkanes) is 1. The van der Waals surface area contributed by atoms with E-state index in [1.54, 1.807) is 6.20 Å². The molecular weight excluding hydrogens is 250 g/mol. The van der Waals surface area contributed by atoms with E-state index in [1.165, 1.54) is 25.7 Å². The van der Waals surface area contributed by atoms with Gasteiger partial charge in [0.05, 0.1) is 6.20 Å². The third-order valence-corrected chi connectivity index (χ3v) is 3.73. The zero-order chi connectivity index (χ0) is 14.4. The Morgan fingerprint density at radius 2 is 2.20 bits per heavy atom. The predicted molar refractivity (Wildman–Crippen MR) is 84.3 cm³/mol. The van der Waals surface area contributed by atoms with Gasteiger partial charge in [0.25, 0.3) is 0 Å². The average molecular weight is 275 g/mol. The standard InChI is InChI=1S/C15H25N5/c1-4-6-7-12(5-2)10-18-14-15-17-8-9-20(15)11-13(16-3)19-14/h8-9,11-12,16H,4-7,10H2,1-3H3,(H,18,19). The van der Waals surface area contributed by atoms with Crippen molar-refractivity contribution in [3.63, 3.8) is 0 Å². The van der Waals surface area contributed by atoms with Gasteiger partial charge in [0.1, 0.15) is 5.82 Å². The van der Waals surface area contributed by atoms with Crippen molar-refractivity contribution >= 4 is 17.3 Å². The maximum Gasteiger partial charge on any atom is 0.180 e. The molecule has 0 radical (unpaired) electrons. The van der Waals surface area contributed by atoms with Gasteiger partial charge in [0.2, 0.25) is 0 Å². The van der Waals surface area contributed by atoms with Crippen LogP contribution < -0.4 is 10.6 Å². The Morgan fingerprint density at radius 1 is 1.35 bits per heavy atom. The molecule has 2 heterocycles. The molecule has 110 valence electrons. The number of hydrogen-bond acceptors (Lipinski definition) is 4. The lowest BCUT2D eigenvalue weighted by molar-refractivity contribution is 0.472. The van der Waals surface area contributed by atoms with E-state index in [9.17, 15) is 0 Å². The molecule has 0 fully saturated rings. The first kappa shape index (κ1) is 14.6. The van der Waals surface area contributed by atoms with Gasteiger partial charge in [-0.05, 0) is 12.3 Å². The van der Waals surface area contributed by atoms with Crippen LogP contribution in [0.4, 0.5) is 11.6 Å². The van der Waals surface area contributed by atoms with Crippen molar-refractivity contribution in [2.45, 2.75) is 39.5 Å². The summed E-state index contributed by atoms with van der Waals surface area (Å²) in [5, 5.41) is 6.56. The zero-order valence-electron chi connectivity index (χ0n) is 12.7. The summed E-state index contributed by atoms with van der Waals surface area (Å²) in [5.74, 6) is 2.40. The molecule has 0 aliphatic carbocycles. The van der Waals surface area contributed by atoms with Gasteiger partial charge in [0.15, 0.2) is 11.5 Å². The van der Waals surface area contributed by atoms with Crippen molar-refractivity contribution in [1.29, 1.82) is 0 Å². The largest absolute Gasteiger partial charge is 0.372 e. The van der Waals surface area contributed by atoms with Crippen molar-refractivity contribution in [2.24, 2.45) is 5.92 Å². The number of anilines is 2. The lowest BCUT2D eigenvalue weighted by Gasteiger charge is -2.16. The van der Waals surface area contributed by atoms with Gasteiger partial charge < -0.3 is 15.0 Å². The fourth-order valence-corrected chi connectivity index (χ4v) is 2.36. The molecule has 2 N–H and O–H groups in total. The van der Waals surface area contributed by atoms with E-state index in [2.05, 4.69) is 34.4 Å². The molecule has 5 heteroatoms. The number of imidazole rings is 1. The van der Waals surface area contributed by atoms with Gasteiger partial charge >= 0.3 is 0 Å². The quantitative estimate of drug-likeness (QED) is 0.775. The van der Waals surface area contributed by atoms with Crippen LogP contribution in [0, 0.1) is 5.92 Å². The van der Waals surface area contributed by atoms with Gasteiger partial charge in [-0.15, -0.1) is 0 Å². The number of rotatable bonds is 8. The number of fused-ring (bicyclic) bond motifs is 1. The Bertz CT molecular complexity index is 534. The summed E-state index contributed by atoms with van der Waals surface area (Å²) in [5.41, 5.74) is 0.884. The Kier molecular flexibility index (Phi) is 5.21. The summed E-state index contributed by atoms with van der Waals surface area (Å²) in [6.45, 7) is 5.45. The van der Waals surface area contributed by atoms with Gasteiger partial charge in [-0.2, -0.15) is 0 Å². The van der Waals surface area contributed by atoms with Crippen molar-refractivity contribution in [1.82, 2.24) is 14.4 Å². The van der Waals surface area contributed by atoms with Gasteiger partial charge in [0, 0.05) is 26.0 Å². The number of nitrogens with zero attached hydrogens (tertiary/aromatic N) is 3. The average Bonchev–Trinajstić information content (AvgIpc) is 2.95. The second-order valence-corrected chi connectivity index (χ2v) is 5.18. The first-order valence-electron chi connectivity index (χ1n) is 7.53. The minimum atomic E-state index is 0.699. The van der Waals surface area contributed by atoms with E-state index in [4.69, 9.17) is 0 Å². The van der Waals surface area contributed by atoms with E-state index >= 15 is 0 Å². The van der Waals surface area contributed by atoms with Crippen molar-refractivity contribution < 1.29 is 0 Å². The summed E-state index contributed by atoms with van der Waals surface area (Å²) in [4.78, 5) is 8.94. The molecular formula is C15H25N5. The summed E-state index contributed by atoms with van der Waals surface area (Å²) in [6.07, 6.45) is 10.7. The van der Waals surface area contributed by atoms with Crippen LogP contribution in [0.3, 0.4) is 0 Å². The molecule has 5 nitrogen and oxygen atoms in total. The topological polar surface area (TPSA) is 54.2 Å². The smallest absolute Gasteiger partial charge is 0.180 e. The molecule has 0 aliphatic rings. The van der Waals surface area contributed by atoms with E-state index < -0.39 is 0 Å². The highest BCUT2D eigenvalue weighted by Crippen LogP contribution is 2.18. The molecule has 0 bridgehead atoms. The molecule has 0 saturated carbocycles. The van der Waals surface area contributed by atoms with E-state index in [0.717, 1.165) is 23.8 Å².